The third-order valence-corrected chi connectivity index (χ3v) is 9.03. The third kappa shape index (κ3) is 6.25. The van der Waals surface area contributed by atoms with Gasteiger partial charge in [-0.25, -0.2) is 0 Å². The van der Waals surface area contributed by atoms with E-state index in [0.29, 0.717) is 11.4 Å². The fraction of sp³-hybridized carbons (Fsp3) is 0.150. The first-order valence-corrected chi connectivity index (χ1v) is 17.2. The maximum absolute atomic E-state index is 11.8. The molecule has 6 aromatic rings. The molecule has 4 aromatic carbocycles. The Kier molecular flexibility index (Phi) is 9.93. The molecule has 0 fully saturated rings. The standard InChI is InChI=1S/2C20H17NO.Mo.2O/c2*22-20(19-11-5-6-14-21-19)17-9-3-1-7-15(17)12-13-16-8-2-4-10-18(16)20;;;/h2*1-11,14,22H,12-13H2;;;. The van der Waals surface area contributed by atoms with Gasteiger partial charge in [0.2, 0.25) is 0 Å². The number of aromatic nitrogens is 2. The van der Waals surface area contributed by atoms with Crippen molar-refractivity contribution >= 4 is 0 Å². The summed E-state index contributed by atoms with van der Waals surface area (Å²) >= 11 is -2.03. The summed E-state index contributed by atoms with van der Waals surface area (Å²) in [5, 5.41) is 23.5. The van der Waals surface area contributed by atoms with Crippen molar-refractivity contribution in [3.05, 3.63) is 202 Å². The van der Waals surface area contributed by atoms with Crippen LogP contribution in [0.2, 0.25) is 0 Å². The predicted octanol–water partition coefficient (Wildman–Crippen LogP) is 6.69. The van der Waals surface area contributed by atoms with E-state index in [1.54, 1.807) is 12.4 Å². The van der Waals surface area contributed by atoms with Crippen LogP contribution in [0.4, 0.5) is 0 Å². The zero-order valence-corrected chi connectivity index (χ0v) is 27.7. The van der Waals surface area contributed by atoms with Gasteiger partial charge in [0.15, 0.2) is 11.2 Å². The Labute approximate surface area is 283 Å². The summed E-state index contributed by atoms with van der Waals surface area (Å²) in [6.07, 6.45) is 7.21. The zero-order valence-electron chi connectivity index (χ0n) is 25.7. The second-order valence-electron chi connectivity index (χ2n) is 11.5. The fourth-order valence-electron chi connectivity index (χ4n) is 6.90. The molecule has 2 heterocycles. The van der Waals surface area contributed by atoms with E-state index < -0.39 is 29.7 Å². The molecular weight excluding hydrogens is 668 g/mol. The minimum absolute atomic E-state index is 0.678. The monoisotopic (exact) mass is 704 g/mol. The molecule has 0 amide bonds. The molecular formula is C40H34MoN2O4. The first-order chi connectivity index (χ1) is 23.0. The summed E-state index contributed by atoms with van der Waals surface area (Å²) in [7, 11) is 0. The molecule has 0 spiro atoms. The van der Waals surface area contributed by atoms with E-state index in [4.69, 9.17) is 6.80 Å². The van der Waals surface area contributed by atoms with Crippen LogP contribution in [0.3, 0.4) is 0 Å². The molecule has 234 valence electrons. The number of fused-ring (bicyclic) bond motifs is 4. The van der Waals surface area contributed by atoms with Crippen molar-refractivity contribution in [2.24, 2.45) is 0 Å². The van der Waals surface area contributed by atoms with Gasteiger partial charge in [-0.05, 0) is 94.5 Å². The summed E-state index contributed by atoms with van der Waals surface area (Å²) in [6, 6.07) is 44.0. The Morgan fingerprint density at radius 2 is 0.681 bits per heavy atom. The Morgan fingerprint density at radius 1 is 0.426 bits per heavy atom. The average Bonchev–Trinajstić information content (AvgIpc) is 3.35. The van der Waals surface area contributed by atoms with E-state index in [-0.39, 0.29) is 0 Å². The van der Waals surface area contributed by atoms with Crippen LogP contribution in [0, 0.1) is 0 Å². The summed E-state index contributed by atoms with van der Waals surface area (Å²) < 4.78 is 17.0. The van der Waals surface area contributed by atoms with E-state index >= 15 is 0 Å². The molecule has 0 bridgehead atoms. The van der Waals surface area contributed by atoms with Gasteiger partial charge in [0.25, 0.3) is 0 Å². The molecule has 0 unspecified atom stereocenters. The molecule has 0 atom stereocenters. The molecule has 0 aliphatic heterocycles. The van der Waals surface area contributed by atoms with Gasteiger partial charge in [0.05, 0.1) is 11.4 Å². The Balaban J connectivity index is 0.000000152. The Morgan fingerprint density at radius 3 is 0.936 bits per heavy atom. The van der Waals surface area contributed by atoms with Crippen molar-refractivity contribution in [2.45, 2.75) is 36.9 Å². The Bertz CT molecular complexity index is 1780. The van der Waals surface area contributed by atoms with Gasteiger partial charge in [-0.3, -0.25) is 9.97 Å². The number of aliphatic hydroxyl groups is 2. The second kappa shape index (κ2) is 14.4. The number of rotatable bonds is 2. The molecule has 6 nitrogen and oxygen atoms in total. The average molecular weight is 703 g/mol. The van der Waals surface area contributed by atoms with Crippen LogP contribution in [0.5, 0.6) is 0 Å². The van der Waals surface area contributed by atoms with Crippen molar-refractivity contribution in [2.75, 3.05) is 0 Å². The first kappa shape index (κ1) is 32.3. The van der Waals surface area contributed by atoms with Crippen LogP contribution in [0.15, 0.2) is 146 Å². The van der Waals surface area contributed by atoms with E-state index in [2.05, 4.69) is 34.2 Å². The normalized spacial score (nSPS) is 14.8. The minimum atomic E-state index is -2.03. The van der Waals surface area contributed by atoms with Crippen LogP contribution < -0.4 is 0 Å². The van der Waals surface area contributed by atoms with Gasteiger partial charge in [0, 0.05) is 12.4 Å². The molecule has 2 aliphatic carbocycles. The molecule has 8 rings (SSSR count). The topological polar surface area (TPSA) is 100 Å². The van der Waals surface area contributed by atoms with Gasteiger partial charge in [-0.2, -0.15) is 0 Å². The molecule has 47 heavy (non-hydrogen) atoms. The quantitative estimate of drug-likeness (QED) is 0.195. The number of hydrogen-bond donors (Lipinski definition) is 2. The molecule has 0 saturated heterocycles. The van der Waals surface area contributed by atoms with E-state index in [1.165, 1.54) is 22.3 Å². The van der Waals surface area contributed by atoms with Crippen molar-refractivity contribution in [3.63, 3.8) is 0 Å². The van der Waals surface area contributed by atoms with E-state index in [9.17, 15) is 10.2 Å². The van der Waals surface area contributed by atoms with Crippen molar-refractivity contribution in [1.29, 1.82) is 0 Å². The van der Waals surface area contributed by atoms with Crippen LogP contribution in [-0.4, -0.2) is 20.2 Å². The van der Waals surface area contributed by atoms with Gasteiger partial charge in [-0.15, -0.1) is 0 Å². The zero-order chi connectivity index (χ0) is 32.7. The predicted molar refractivity (Wildman–Crippen MR) is 175 cm³/mol. The van der Waals surface area contributed by atoms with Gasteiger partial charge in [-0.1, -0.05) is 109 Å². The number of pyridine rings is 2. The maximum atomic E-state index is 11.8. The van der Waals surface area contributed by atoms with Crippen molar-refractivity contribution < 1.29 is 35.5 Å². The summed E-state index contributed by atoms with van der Waals surface area (Å²) in [5.41, 5.74) is 7.50. The van der Waals surface area contributed by atoms with Crippen LogP contribution in [0.25, 0.3) is 0 Å². The summed E-state index contributed by atoms with van der Waals surface area (Å²) in [4.78, 5) is 8.93. The van der Waals surface area contributed by atoms with Crippen molar-refractivity contribution in [1.82, 2.24) is 9.97 Å². The number of nitrogens with zero attached hydrogens (tertiary/aromatic N) is 2. The van der Waals surface area contributed by atoms with Crippen LogP contribution in [-0.2, 0) is 62.2 Å². The molecule has 2 aliphatic rings. The molecule has 2 aromatic heterocycles. The van der Waals surface area contributed by atoms with Gasteiger partial charge in [0.1, 0.15) is 0 Å². The van der Waals surface area contributed by atoms with E-state index in [0.717, 1.165) is 47.9 Å². The summed E-state index contributed by atoms with van der Waals surface area (Å²) in [5.74, 6) is 0. The Hall–Kier alpha value is -4.61. The number of aryl methyl sites for hydroxylation is 4. The van der Waals surface area contributed by atoms with Gasteiger partial charge >= 0.3 is 25.3 Å². The SMILES string of the molecule is OC1(c2ccccn2)c2ccccc2CCc2ccccc21.OC1(c2ccccn2)c2ccccc2CCc2ccccc21.[O]=[Mo]=[O]. The van der Waals surface area contributed by atoms with E-state index in [1.807, 2.05) is 109 Å². The molecule has 0 radical (unpaired) electrons. The van der Waals surface area contributed by atoms with Gasteiger partial charge < -0.3 is 10.2 Å². The first-order valence-electron chi connectivity index (χ1n) is 15.5. The van der Waals surface area contributed by atoms with Crippen LogP contribution in [0.1, 0.15) is 55.9 Å². The van der Waals surface area contributed by atoms with Crippen LogP contribution >= 0.6 is 0 Å². The second-order valence-corrected chi connectivity index (χ2v) is 11.9. The number of benzene rings is 4. The molecule has 7 heteroatoms. The van der Waals surface area contributed by atoms with Crippen molar-refractivity contribution in [3.8, 4) is 0 Å². The summed E-state index contributed by atoms with van der Waals surface area (Å²) in [6.45, 7) is 0. The fourth-order valence-corrected chi connectivity index (χ4v) is 6.90. The molecule has 2 N–H and O–H groups in total. The third-order valence-electron chi connectivity index (χ3n) is 9.03. The number of hydrogen-bond acceptors (Lipinski definition) is 6. The molecule has 0 saturated carbocycles.